The molecule has 24 heavy (non-hydrogen) atoms. The van der Waals surface area contributed by atoms with Crippen molar-refractivity contribution in [2.45, 2.75) is 39.0 Å². The molecule has 0 aliphatic heterocycles. The highest BCUT2D eigenvalue weighted by atomic mass is 32.1. The Morgan fingerprint density at radius 2 is 2.21 bits per heavy atom. The van der Waals surface area contributed by atoms with Crippen molar-refractivity contribution in [1.29, 1.82) is 0 Å². The molecule has 11 heteroatoms. The summed E-state index contributed by atoms with van der Waals surface area (Å²) in [5.74, 6) is 0.369. The van der Waals surface area contributed by atoms with Crippen molar-refractivity contribution in [3.8, 4) is 10.7 Å². The summed E-state index contributed by atoms with van der Waals surface area (Å²) >= 11 is 0.934. The maximum atomic E-state index is 11.0. The average molecular weight is 369 g/mol. The van der Waals surface area contributed by atoms with E-state index in [1.54, 1.807) is 4.68 Å². The SMILES string of the molecule is C[Si](C)(C)CCOCn1cnc(-c2cc(CN=O)c([N+](=O)[O-])s2)n1. The van der Waals surface area contributed by atoms with E-state index >= 15 is 0 Å². The van der Waals surface area contributed by atoms with Crippen molar-refractivity contribution in [1.82, 2.24) is 14.8 Å². The first-order chi connectivity index (χ1) is 11.3. The van der Waals surface area contributed by atoms with Crippen LogP contribution < -0.4 is 0 Å². The molecular formula is C13H19N5O4SSi. The summed E-state index contributed by atoms with van der Waals surface area (Å²) in [6.07, 6.45) is 1.52. The predicted octanol–water partition coefficient (Wildman–Crippen LogP) is 3.49. The number of aromatic nitrogens is 3. The number of hydrogen-bond acceptors (Lipinski definition) is 8. The topological polar surface area (TPSA) is 113 Å². The van der Waals surface area contributed by atoms with Gasteiger partial charge >= 0.3 is 5.00 Å². The Morgan fingerprint density at radius 1 is 1.46 bits per heavy atom. The van der Waals surface area contributed by atoms with Crippen molar-refractivity contribution in [2.75, 3.05) is 6.61 Å². The standard InChI is InChI=1S/C13H19N5O4SSi/c1-24(2,3)5-4-22-9-17-8-14-12(16-17)11-6-10(7-15-19)13(23-11)18(20)21/h6,8H,4-5,7,9H2,1-3H3. The Bertz CT molecular complexity index is 724. The summed E-state index contributed by atoms with van der Waals surface area (Å²) in [5.41, 5.74) is 0.276. The molecule has 0 aromatic carbocycles. The molecule has 0 aliphatic rings. The minimum atomic E-state index is -1.13. The maximum absolute atomic E-state index is 11.0. The van der Waals surface area contributed by atoms with E-state index in [-0.39, 0.29) is 23.8 Å². The van der Waals surface area contributed by atoms with Crippen LogP contribution in [-0.2, 0) is 18.0 Å². The molecule has 0 N–H and O–H groups in total. The van der Waals surface area contributed by atoms with Gasteiger partial charge in [0.1, 0.15) is 19.6 Å². The van der Waals surface area contributed by atoms with Gasteiger partial charge in [0.2, 0.25) is 0 Å². The molecule has 2 aromatic rings. The van der Waals surface area contributed by atoms with Crippen molar-refractivity contribution >= 4 is 24.4 Å². The molecule has 0 aliphatic carbocycles. The molecule has 0 fully saturated rings. The number of hydrogen-bond donors (Lipinski definition) is 0. The molecule has 0 radical (unpaired) electrons. The largest absolute Gasteiger partial charge is 0.359 e. The van der Waals surface area contributed by atoms with E-state index in [1.165, 1.54) is 12.4 Å². The molecule has 0 spiro atoms. The Morgan fingerprint density at radius 3 is 2.83 bits per heavy atom. The van der Waals surface area contributed by atoms with Crippen molar-refractivity contribution in [3.63, 3.8) is 0 Å². The summed E-state index contributed by atoms with van der Waals surface area (Å²) in [4.78, 5) is 25.6. The minimum Gasteiger partial charge on any atom is -0.359 e. The van der Waals surface area contributed by atoms with Gasteiger partial charge in [-0.15, -0.1) is 5.10 Å². The lowest BCUT2D eigenvalue weighted by Gasteiger charge is -2.15. The maximum Gasteiger partial charge on any atom is 0.329 e. The van der Waals surface area contributed by atoms with E-state index in [1.807, 2.05) is 0 Å². The van der Waals surface area contributed by atoms with Gasteiger partial charge in [0.15, 0.2) is 5.82 Å². The zero-order valence-electron chi connectivity index (χ0n) is 13.8. The number of thiophene rings is 1. The van der Waals surface area contributed by atoms with E-state index in [2.05, 4.69) is 34.9 Å². The van der Waals surface area contributed by atoms with E-state index < -0.39 is 13.0 Å². The van der Waals surface area contributed by atoms with E-state index in [0.29, 0.717) is 17.3 Å². The van der Waals surface area contributed by atoms with Crippen LogP contribution in [0.25, 0.3) is 10.7 Å². The van der Waals surface area contributed by atoms with Crippen molar-refractivity contribution in [2.24, 2.45) is 5.18 Å². The van der Waals surface area contributed by atoms with E-state index in [9.17, 15) is 15.0 Å². The van der Waals surface area contributed by atoms with Crippen LogP contribution in [-0.4, -0.2) is 34.4 Å². The van der Waals surface area contributed by atoms with Gasteiger partial charge in [0.05, 0.1) is 15.4 Å². The monoisotopic (exact) mass is 369 g/mol. The summed E-state index contributed by atoms with van der Waals surface area (Å²) in [6, 6.07) is 2.60. The van der Waals surface area contributed by atoms with Gasteiger partial charge in [0, 0.05) is 14.7 Å². The molecule has 0 bridgehead atoms. The molecule has 0 unspecified atom stereocenters. The van der Waals surface area contributed by atoms with Gasteiger partial charge in [-0.25, -0.2) is 9.67 Å². The number of nitrogens with zero attached hydrogens (tertiary/aromatic N) is 5. The predicted molar refractivity (Wildman–Crippen MR) is 93.6 cm³/mol. The second kappa shape index (κ2) is 7.72. The third-order valence-corrected chi connectivity index (χ3v) is 5.99. The van der Waals surface area contributed by atoms with Gasteiger partial charge < -0.3 is 4.74 Å². The van der Waals surface area contributed by atoms with Crippen LogP contribution in [0.15, 0.2) is 17.6 Å². The highest BCUT2D eigenvalue weighted by Gasteiger charge is 2.21. The number of nitroso groups, excluding NO2 is 1. The summed E-state index contributed by atoms with van der Waals surface area (Å²) in [6.45, 7) is 7.55. The molecule has 2 heterocycles. The van der Waals surface area contributed by atoms with Crippen LogP contribution in [0.2, 0.25) is 25.7 Å². The fraction of sp³-hybridized carbons (Fsp3) is 0.538. The molecule has 130 valence electrons. The van der Waals surface area contributed by atoms with Crippen LogP contribution in [0.5, 0.6) is 0 Å². The van der Waals surface area contributed by atoms with E-state index in [0.717, 1.165) is 17.4 Å². The summed E-state index contributed by atoms with van der Waals surface area (Å²) in [5, 5.41) is 17.9. The second-order valence-electron chi connectivity index (χ2n) is 6.44. The van der Waals surface area contributed by atoms with Crippen LogP contribution in [0.4, 0.5) is 5.00 Å². The Kier molecular flexibility index (Phi) is 5.91. The fourth-order valence-corrected chi connectivity index (χ4v) is 3.55. The van der Waals surface area contributed by atoms with Gasteiger partial charge in [-0.1, -0.05) is 36.2 Å². The van der Waals surface area contributed by atoms with E-state index in [4.69, 9.17) is 4.74 Å². The Labute approximate surface area is 143 Å². The lowest BCUT2D eigenvalue weighted by molar-refractivity contribution is -0.380. The first-order valence-corrected chi connectivity index (χ1v) is 11.9. The Balaban J connectivity index is 2.03. The Hall–Kier alpha value is -1.98. The smallest absolute Gasteiger partial charge is 0.329 e. The van der Waals surface area contributed by atoms with Gasteiger partial charge in [-0.05, 0) is 12.1 Å². The van der Waals surface area contributed by atoms with Crippen molar-refractivity contribution in [3.05, 3.63) is 33.0 Å². The first kappa shape index (κ1) is 18.4. The quantitative estimate of drug-likeness (QED) is 0.220. The van der Waals surface area contributed by atoms with Crippen LogP contribution in [0.1, 0.15) is 5.56 Å². The third kappa shape index (κ3) is 5.01. The zero-order chi connectivity index (χ0) is 17.7. The normalized spacial score (nSPS) is 11.6. The number of rotatable bonds is 9. The molecule has 2 aromatic heterocycles. The van der Waals surface area contributed by atoms with Crippen LogP contribution >= 0.6 is 11.3 Å². The zero-order valence-corrected chi connectivity index (χ0v) is 15.6. The molecule has 0 amide bonds. The molecule has 0 saturated carbocycles. The molecule has 0 saturated heterocycles. The minimum absolute atomic E-state index is 0.104. The van der Waals surface area contributed by atoms with Crippen molar-refractivity contribution < 1.29 is 9.66 Å². The third-order valence-electron chi connectivity index (χ3n) is 3.16. The molecular weight excluding hydrogens is 350 g/mol. The summed E-state index contributed by atoms with van der Waals surface area (Å²) < 4.78 is 7.13. The number of ether oxygens (including phenoxy) is 1. The number of nitro groups is 1. The highest BCUT2D eigenvalue weighted by molar-refractivity contribution is 7.18. The molecule has 2 rings (SSSR count). The highest BCUT2D eigenvalue weighted by Crippen LogP contribution is 2.35. The molecule has 9 nitrogen and oxygen atoms in total. The molecule has 0 atom stereocenters. The average Bonchev–Trinajstić information content (AvgIpc) is 3.09. The van der Waals surface area contributed by atoms with Crippen LogP contribution in [0.3, 0.4) is 0 Å². The fourth-order valence-electron chi connectivity index (χ4n) is 1.87. The van der Waals surface area contributed by atoms with Gasteiger partial charge in [-0.3, -0.25) is 10.1 Å². The van der Waals surface area contributed by atoms with Crippen LogP contribution in [0, 0.1) is 15.0 Å². The van der Waals surface area contributed by atoms with Gasteiger partial charge in [-0.2, -0.15) is 4.91 Å². The second-order valence-corrected chi connectivity index (χ2v) is 13.1. The lowest BCUT2D eigenvalue weighted by atomic mass is 10.3. The lowest BCUT2D eigenvalue weighted by Crippen LogP contribution is -2.22. The summed E-state index contributed by atoms with van der Waals surface area (Å²) in [7, 11) is -1.13. The van der Waals surface area contributed by atoms with Gasteiger partial charge in [0.25, 0.3) is 0 Å². The first-order valence-electron chi connectivity index (χ1n) is 7.34.